The fourth-order valence-corrected chi connectivity index (χ4v) is 3.18. The van der Waals surface area contributed by atoms with Crippen LogP contribution in [-0.2, 0) is 6.54 Å². The molecular weight excluding hydrogens is 253 g/mol. The van der Waals surface area contributed by atoms with E-state index in [1.807, 2.05) is 0 Å². The predicted molar refractivity (Wildman–Crippen MR) is 80.3 cm³/mol. The topological polar surface area (TPSA) is 53.1 Å². The van der Waals surface area contributed by atoms with Crippen molar-refractivity contribution in [1.29, 1.82) is 5.41 Å². The van der Waals surface area contributed by atoms with E-state index in [0.29, 0.717) is 29.6 Å². The Hall–Kier alpha value is -1.42. The lowest BCUT2D eigenvalue weighted by atomic mass is 9.85. The Morgan fingerprint density at radius 3 is 2.70 bits per heavy atom. The minimum absolute atomic E-state index is 0.0929. The summed E-state index contributed by atoms with van der Waals surface area (Å²) >= 11 is 0. The van der Waals surface area contributed by atoms with E-state index in [1.165, 1.54) is 31.7 Å². The Balaban J connectivity index is 2.07. The van der Waals surface area contributed by atoms with Crippen molar-refractivity contribution in [1.82, 2.24) is 4.90 Å². The van der Waals surface area contributed by atoms with Crippen molar-refractivity contribution in [3.8, 4) is 0 Å². The molecule has 1 aliphatic rings. The van der Waals surface area contributed by atoms with Gasteiger partial charge < -0.3 is 5.73 Å². The van der Waals surface area contributed by atoms with Gasteiger partial charge in [-0.15, -0.1) is 0 Å². The molecule has 1 saturated carbocycles. The fourth-order valence-electron chi connectivity index (χ4n) is 3.18. The third kappa shape index (κ3) is 3.37. The summed E-state index contributed by atoms with van der Waals surface area (Å²) in [4.78, 5) is 2.26. The van der Waals surface area contributed by atoms with Crippen LogP contribution in [0, 0.1) is 17.1 Å². The second-order valence-corrected chi connectivity index (χ2v) is 5.96. The number of benzene rings is 1. The normalized spacial score (nSPS) is 23.0. The lowest BCUT2D eigenvalue weighted by Crippen LogP contribution is -2.38. The van der Waals surface area contributed by atoms with Gasteiger partial charge in [-0.05, 0) is 31.9 Å². The van der Waals surface area contributed by atoms with Crippen LogP contribution in [-0.4, -0.2) is 23.8 Å². The highest BCUT2D eigenvalue weighted by Crippen LogP contribution is 2.28. The van der Waals surface area contributed by atoms with E-state index < -0.39 is 0 Å². The predicted octanol–water partition coefficient (Wildman–Crippen LogP) is 3.12. The van der Waals surface area contributed by atoms with Gasteiger partial charge in [-0.1, -0.05) is 31.9 Å². The number of nitrogens with zero attached hydrogens (tertiary/aromatic N) is 1. The molecule has 110 valence electrons. The van der Waals surface area contributed by atoms with Gasteiger partial charge in [-0.3, -0.25) is 10.3 Å². The molecule has 1 aliphatic carbocycles. The Morgan fingerprint density at radius 1 is 1.40 bits per heavy atom. The Bertz CT molecular complexity index is 487. The third-order valence-corrected chi connectivity index (χ3v) is 4.42. The molecule has 1 fully saturated rings. The van der Waals surface area contributed by atoms with Crippen molar-refractivity contribution in [2.75, 3.05) is 7.05 Å². The van der Waals surface area contributed by atoms with Crippen LogP contribution in [0.1, 0.15) is 43.7 Å². The van der Waals surface area contributed by atoms with Crippen molar-refractivity contribution in [3.63, 3.8) is 0 Å². The molecular formula is C16H24FN3. The van der Waals surface area contributed by atoms with E-state index >= 15 is 0 Å². The van der Waals surface area contributed by atoms with Crippen LogP contribution in [0.25, 0.3) is 0 Å². The molecule has 2 rings (SSSR count). The molecule has 0 saturated heterocycles. The van der Waals surface area contributed by atoms with Crippen LogP contribution in [0.3, 0.4) is 0 Å². The maximum atomic E-state index is 14.1. The summed E-state index contributed by atoms with van der Waals surface area (Å²) in [5.41, 5.74) is 6.50. The number of hydrogen-bond acceptors (Lipinski definition) is 2. The molecule has 4 heteroatoms. The van der Waals surface area contributed by atoms with Crippen LogP contribution in [0.4, 0.5) is 4.39 Å². The molecule has 0 bridgehead atoms. The lowest BCUT2D eigenvalue weighted by molar-refractivity contribution is 0.132. The molecule has 1 aromatic rings. The Morgan fingerprint density at radius 2 is 2.10 bits per heavy atom. The summed E-state index contributed by atoms with van der Waals surface area (Å²) in [6, 6.07) is 5.36. The summed E-state index contributed by atoms with van der Waals surface area (Å²) in [6.07, 6.45) is 5.05. The van der Waals surface area contributed by atoms with Gasteiger partial charge >= 0.3 is 0 Å². The second kappa shape index (κ2) is 6.35. The monoisotopic (exact) mass is 277 g/mol. The number of nitrogens with two attached hydrogens (primary N) is 1. The van der Waals surface area contributed by atoms with E-state index in [0.717, 1.165) is 0 Å². The summed E-state index contributed by atoms with van der Waals surface area (Å²) in [6.45, 7) is 2.90. The highest BCUT2D eigenvalue weighted by Gasteiger charge is 2.25. The average molecular weight is 277 g/mol. The molecule has 0 aliphatic heterocycles. The van der Waals surface area contributed by atoms with E-state index in [4.69, 9.17) is 11.1 Å². The van der Waals surface area contributed by atoms with Gasteiger partial charge in [0.25, 0.3) is 0 Å². The lowest BCUT2D eigenvalue weighted by Gasteiger charge is -2.36. The summed E-state index contributed by atoms with van der Waals surface area (Å²) in [7, 11) is 2.07. The number of hydrogen-bond donors (Lipinski definition) is 2. The van der Waals surface area contributed by atoms with E-state index in [-0.39, 0.29) is 11.7 Å². The first kappa shape index (κ1) is 15.0. The van der Waals surface area contributed by atoms with Crippen molar-refractivity contribution < 1.29 is 4.39 Å². The van der Waals surface area contributed by atoms with Crippen LogP contribution >= 0.6 is 0 Å². The van der Waals surface area contributed by atoms with E-state index in [9.17, 15) is 4.39 Å². The Kier molecular flexibility index (Phi) is 4.76. The van der Waals surface area contributed by atoms with Crippen molar-refractivity contribution >= 4 is 5.84 Å². The van der Waals surface area contributed by atoms with Crippen LogP contribution < -0.4 is 5.73 Å². The summed E-state index contributed by atoms with van der Waals surface area (Å²) in [5.74, 6) is 0.311. The molecule has 3 N–H and O–H groups in total. The summed E-state index contributed by atoms with van der Waals surface area (Å²) < 4.78 is 14.1. The number of amidine groups is 1. The molecule has 3 nitrogen and oxygen atoms in total. The van der Waals surface area contributed by atoms with Crippen LogP contribution in [0.15, 0.2) is 18.2 Å². The van der Waals surface area contributed by atoms with Crippen molar-refractivity contribution in [2.24, 2.45) is 11.7 Å². The highest BCUT2D eigenvalue weighted by molar-refractivity contribution is 5.94. The van der Waals surface area contributed by atoms with Gasteiger partial charge in [0.1, 0.15) is 11.7 Å². The highest BCUT2D eigenvalue weighted by atomic mass is 19.1. The molecule has 2 unspecified atom stereocenters. The van der Waals surface area contributed by atoms with Crippen LogP contribution in [0.2, 0.25) is 0 Å². The molecule has 0 amide bonds. The zero-order valence-electron chi connectivity index (χ0n) is 12.3. The van der Waals surface area contributed by atoms with Gasteiger partial charge in [0, 0.05) is 23.7 Å². The zero-order valence-corrected chi connectivity index (χ0v) is 12.3. The second-order valence-electron chi connectivity index (χ2n) is 5.96. The Labute approximate surface area is 120 Å². The van der Waals surface area contributed by atoms with Gasteiger partial charge in [0.15, 0.2) is 0 Å². The first-order chi connectivity index (χ1) is 9.49. The zero-order chi connectivity index (χ0) is 14.7. The number of halogens is 1. The molecule has 0 heterocycles. The van der Waals surface area contributed by atoms with Gasteiger partial charge in [0.05, 0.1) is 0 Å². The van der Waals surface area contributed by atoms with Gasteiger partial charge in [0.2, 0.25) is 0 Å². The summed E-state index contributed by atoms with van der Waals surface area (Å²) in [5, 5.41) is 7.33. The SMILES string of the molecule is CC1CCCCC1N(C)Cc1ccc(C(=N)N)cc1F. The average Bonchev–Trinajstić information content (AvgIpc) is 2.41. The molecule has 0 spiro atoms. The molecule has 20 heavy (non-hydrogen) atoms. The number of rotatable bonds is 4. The maximum absolute atomic E-state index is 14.1. The quantitative estimate of drug-likeness (QED) is 0.656. The molecule has 1 aromatic carbocycles. The number of nitrogens with one attached hydrogen (secondary N) is 1. The van der Waals surface area contributed by atoms with Crippen LogP contribution in [0.5, 0.6) is 0 Å². The minimum atomic E-state index is -0.270. The fraction of sp³-hybridized carbons (Fsp3) is 0.562. The van der Waals surface area contributed by atoms with E-state index in [1.54, 1.807) is 12.1 Å². The molecule has 0 radical (unpaired) electrons. The third-order valence-electron chi connectivity index (χ3n) is 4.42. The maximum Gasteiger partial charge on any atom is 0.128 e. The smallest absolute Gasteiger partial charge is 0.128 e. The van der Waals surface area contributed by atoms with Crippen molar-refractivity contribution in [3.05, 3.63) is 35.1 Å². The van der Waals surface area contributed by atoms with Gasteiger partial charge in [-0.25, -0.2) is 4.39 Å². The van der Waals surface area contributed by atoms with Crippen molar-refractivity contribution in [2.45, 2.75) is 45.2 Å². The largest absolute Gasteiger partial charge is 0.384 e. The van der Waals surface area contributed by atoms with E-state index in [2.05, 4.69) is 18.9 Å². The standard InChI is InChI=1S/C16H24FN3/c1-11-5-3-4-6-15(11)20(2)10-13-8-7-12(16(18)19)9-14(13)17/h7-9,11,15H,3-6,10H2,1-2H3,(H3,18,19). The first-order valence-corrected chi connectivity index (χ1v) is 7.32. The minimum Gasteiger partial charge on any atom is -0.384 e. The number of nitrogen functional groups attached to an aromatic ring is 1. The first-order valence-electron chi connectivity index (χ1n) is 7.32. The molecule has 2 atom stereocenters. The van der Waals surface area contributed by atoms with Gasteiger partial charge in [-0.2, -0.15) is 0 Å². The molecule has 0 aromatic heterocycles.